The van der Waals surface area contributed by atoms with Crippen LogP contribution >= 0.6 is 45.3 Å². The summed E-state index contributed by atoms with van der Waals surface area (Å²) in [6.07, 6.45) is 3.71. The first-order chi connectivity index (χ1) is 27.7. The van der Waals surface area contributed by atoms with E-state index in [1.807, 2.05) is 47.2 Å². The van der Waals surface area contributed by atoms with Crippen molar-refractivity contribution < 1.29 is 0 Å². The van der Waals surface area contributed by atoms with Gasteiger partial charge in [-0.1, -0.05) is 72.8 Å². The molecule has 0 saturated heterocycles. The van der Waals surface area contributed by atoms with Gasteiger partial charge in [-0.25, -0.2) is 0 Å². The number of hydrogen-bond acceptors (Lipinski definition) is 8. The van der Waals surface area contributed by atoms with Crippen LogP contribution < -0.4 is 9.80 Å². The highest BCUT2D eigenvalue weighted by Crippen LogP contribution is 2.48. The summed E-state index contributed by atoms with van der Waals surface area (Å²) < 4.78 is 2.56. The molecule has 11 aromatic rings. The zero-order valence-electron chi connectivity index (χ0n) is 29.7. The summed E-state index contributed by atoms with van der Waals surface area (Å²) in [4.78, 5) is 16.4. The number of fused-ring (bicyclic) bond motifs is 4. The van der Waals surface area contributed by atoms with Crippen LogP contribution in [0.15, 0.2) is 181 Å². The summed E-state index contributed by atoms with van der Waals surface area (Å²) >= 11 is 7.20. The molecule has 0 fully saturated rings. The average molecular weight is 791 g/mol. The third kappa shape index (κ3) is 5.86. The summed E-state index contributed by atoms with van der Waals surface area (Å²) in [5.74, 6) is 0. The molecule has 266 valence electrons. The van der Waals surface area contributed by atoms with Gasteiger partial charge in [0.25, 0.3) is 0 Å². The number of benzene rings is 5. The summed E-state index contributed by atoms with van der Waals surface area (Å²) in [6.45, 7) is 0. The number of aromatic nitrogens is 2. The second-order valence-electron chi connectivity index (χ2n) is 13.5. The van der Waals surface area contributed by atoms with E-state index in [4.69, 9.17) is 0 Å². The van der Waals surface area contributed by atoms with E-state index >= 15 is 0 Å². The molecule has 56 heavy (non-hydrogen) atoms. The Labute approximate surface area is 339 Å². The van der Waals surface area contributed by atoms with E-state index in [1.165, 1.54) is 62.4 Å². The number of thiophene rings is 4. The molecule has 0 aliphatic carbocycles. The SMILES string of the molecule is c1cnc2ccc(N(c3ccc(-c4ccc(-c5ccc(N(c6ccc7ncccc7c6)c6csc7ccccc67)s5)cc4)s3)c3csc4ccccc34)cc2c1. The minimum atomic E-state index is 0.995. The van der Waals surface area contributed by atoms with Crippen LogP contribution in [0.1, 0.15) is 0 Å². The third-order valence-corrected chi connectivity index (χ3v) is 14.3. The van der Waals surface area contributed by atoms with Gasteiger partial charge < -0.3 is 9.80 Å². The minimum Gasteiger partial charge on any atom is -0.300 e. The Bertz CT molecular complexity index is 2970. The largest absolute Gasteiger partial charge is 0.300 e. The smallest absolute Gasteiger partial charge is 0.101 e. The van der Waals surface area contributed by atoms with Gasteiger partial charge in [-0.3, -0.25) is 9.97 Å². The van der Waals surface area contributed by atoms with E-state index in [9.17, 15) is 0 Å². The van der Waals surface area contributed by atoms with Crippen LogP contribution in [0.4, 0.5) is 32.8 Å². The first-order valence-corrected chi connectivity index (χ1v) is 21.7. The minimum absolute atomic E-state index is 0.995. The van der Waals surface area contributed by atoms with Crippen LogP contribution in [0.25, 0.3) is 62.9 Å². The molecule has 0 N–H and O–H groups in total. The second kappa shape index (κ2) is 13.8. The molecule has 6 aromatic heterocycles. The zero-order chi connectivity index (χ0) is 37.0. The molecule has 0 saturated carbocycles. The first-order valence-electron chi connectivity index (χ1n) is 18.3. The van der Waals surface area contributed by atoms with Crippen LogP contribution in [0.3, 0.4) is 0 Å². The van der Waals surface area contributed by atoms with Crippen molar-refractivity contribution in [2.45, 2.75) is 0 Å². The van der Waals surface area contributed by atoms with Crippen LogP contribution in [-0.4, -0.2) is 9.97 Å². The maximum absolute atomic E-state index is 4.58. The Morgan fingerprint density at radius 1 is 0.411 bits per heavy atom. The maximum atomic E-state index is 4.58. The van der Waals surface area contributed by atoms with Gasteiger partial charge in [-0.05, 0) is 96.1 Å². The first kappa shape index (κ1) is 33.2. The molecule has 0 bridgehead atoms. The van der Waals surface area contributed by atoms with E-state index < -0.39 is 0 Å². The fourth-order valence-electron chi connectivity index (χ4n) is 7.45. The highest BCUT2D eigenvalue weighted by molar-refractivity contribution is 7.20. The normalized spacial score (nSPS) is 11.6. The van der Waals surface area contributed by atoms with Crippen molar-refractivity contribution >= 4 is 120 Å². The van der Waals surface area contributed by atoms with Crippen molar-refractivity contribution in [3.05, 3.63) is 181 Å². The molecule has 0 atom stereocenters. The maximum Gasteiger partial charge on any atom is 0.101 e. The van der Waals surface area contributed by atoms with Gasteiger partial charge in [0.15, 0.2) is 0 Å². The molecular weight excluding hydrogens is 761 g/mol. The lowest BCUT2D eigenvalue weighted by Crippen LogP contribution is -2.07. The highest BCUT2D eigenvalue weighted by Gasteiger charge is 2.21. The molecule has 11 rings (SSSR count). The Hall–Kier alpha value is -6.16. The van der Waals surface area contributed by atoms with Crippen molar-refractivity contribution in [3.63, 3.8) is 0 Å². The van der Waals surface area contributed by atoms with Crippen LogP contribution in [-0.2, 0) is 0 Å². The lowest BCUT2D eigenvalue weighted by molar-refractivity contribution is 1.34. The molecule has 8 heteroatoms. The van der Waals surface area contributed by atoms with Gasteiger partial charge in [-0.2, -0.15) is 0 Å². The standard InChI is InChI=1S/C48H30N4S4/c1-3-11-45-37(9-1)41(29-53-45)51(35-17-19-39-33(27-35)7-5-25-49-39)47-23-21-43(55-47)31-13-15-32(16-14-31)44-22-24-48(56-44)52(42-30-54-46-12-4-2-10-38(42)46)36-18-20-40-34(28-36)8-6-26-50-40/h1-30H. The Kier molecular flexibility index (Phi) is 8.21. The lowest BCUT2D eigenvalue weighted by atomic mass is 10.1. The average Bonchev–Trinajstić information content (AvgIpc) is 4.10. The molecule has 0 radical (unpaired) electrons. The Balaban J connectivity index is 0.935. The summed E-state index contributed by atoms with van der Waals surface area (Å²) in [7, 11) is 0. The van der Waals surface area contributed by atoms with Gasteiger partial charge in [0.1, 0.15) is 10.0 Å². The molecular formula is C48H30N4S4. The van der Waals surface area contributed by atoms with Crippen LogP contribution in [0, 0.1) is 0 Å². The summed E-state index contributed by atoms with van der Waals surface area (Å²) in [5, 5.41) is 11.7. The Morgan fingerprint density at radius 3 is 1.36 bits per heavy atom. The quantitative estimate of drug-likeness (QED) is 0.153. The van der Waals surface area contributed by atoms with E-state index in [1.54, 1.807) is 22.7 Å². The number of hydrogen-bond donors (Lipinski definition) is 0. The zero-order valence-corrected chi connectivity index (χ0v) is 33.0. The molecule has 0 unspecified atom stereocenters. The Morgan fingerprint density at radius 2 is 0.875 bits per heavy atom. The number of anilines is 6. The fourth-order valence-corrected chi connectivity index (χ4v) is 11.4. The van der Waals surface area contributed by atoms with E-state index in [0.717, 1.165) is 33.2 Å². The van der Waals surface area contributed by atoms with Crippen molar-refractivity contribution in [2.75, 3.05) is 9.80 Å². The number of rotatable bonds is 8. The number of pyridine rings is 2. The van der Waals surface area contributed by atoms with Crippen LogP contribution in [0.2, 0.25) is 0 Å². The second-order valence-corrected chi connectivity index (χ2v) is 17.5. The predicted octanol–water partition coefficient (Wildman–Crippen LogP) is 15.6. The molecule has 0 spiro atoms. The van der Waals surface area contributed by atoms with Gasteiger partial charge in [-0.15, -0.1) is 45.3 Å². The highest BCUT2D eigenvalue weighted by atomic mass is 32.1. The molecule has 0 amide bonds. The summed E-state index contributed by atoms with van der Waals surface area (Å²) in [5.41, 5.74) is 9.02. The van der Waals surface area contributed by atoms with Gasteiger partial charge in [0, 0.05) is 75.2 Å². The fraction of sp³-hybridized carbons (Fsp3) is 0. The molecule has 5 aromatic carbocycles. The van der Waals surface area contributed by atoms with Crippen molar-refractivity contribution in [1.82, 2.24) is 9.97 Å². The third-order valence-electron chi connectivity index (χ3n) is 10.2. The lowest BCUT2D eigenvalue weighted by Gasteiger charge is -2.23. The monoisotopic (exact) mass is 790 g/mol. The van der Waals surface area contributed by atoms with E-state index in [0.29, 0.717) is 0 Å². The topological polar surface area (TPSA) is 32.3 Å². The summed E-state index contributed by atoms with van der Waals surface area (Å²) in [6, 6.07) is 56.8. The number of nitrogens with zero attached hydrogens (tertiary/aromatic N) is 4. The molecule has 0 aliphatic rings. The van der Waals surface area contributed by atoms with Gasteiger partial charge >= 0.3 is 0 Å². The van der Waals surface area contributed by atoms with Gasteiger partial charge in [0.05, 0.1) is 22.4 Å². The van der Waals surface area contributed by atoms with Gasteiger partial charge in [0.2, 0.25) is 0 Å². The van der Waals surface area contributed by atoms with Crippen molar-refractivity contribution in [2.24, 2.45) is 0 Å². The molecule has 6 heterocycles. The molecule has 0 aliphatic heterocycles. The van der Waals surface area contributed by atoms with E-state index in [-0.39, 0.29) is 0 Å². The predicted molar refractivity (Wildman–Crippen MR) is 244 cm³/mol. The molecule has 4 nitrogen and oxygen atoms in total. The van der Waals surface area contributed by atoms with Crippen LogP contribution in [0.5, 0.6) is 0 Å². The van der Waals surface area contributed by atoms with E-state index in [2.05, 4.69) is 176 Å². The van der Waals surface area contributed by atoms with Crippen molar-refractivity contribution in [1.29, 1.82) is 0 Å². The van der Waals surface area contributed by atoms with Crippen molar-refractivity contribution in [3.8, 4) is 20.9 Å².